The van der Waals surface area contributed by atoms with Crippen molar-refractivity contribution in [2.24, 2.45) is 5.92 Å². The predicted octanol–water partition coefficient (Wildman–Crippen LogP) is 4.95. The van der Waals surface area contributed by atoms with E-state index in [-0.39, 0.29) is 0 Å². The van der Waals surface area contributed by atoms with E-state index in [0.717, 1.165) is 6.42 Å². The van der Waals surface area contributed by atoms with E-state index in [1.54, 1.807) is 5.57 Å². The Hall–Kier alpha value is -3.12. The van der Waals surface area contributed by atoms with Crippen molar-refractivity contribution in [1.29, 1.82) is 0 Å². The van der Waals surface area contributed by atoms with Gasteiger partial charge in [0.1, 0.15) is 0 Å². The number of rotatable bonds is 2. The van der Waals surface area contributed by atoms with Gasteiger partial charge in [-0.15, -0.1) is 0 Å². The zero-order valence-electron chi connectivity index (χ0n) is 15.1. The fourth-order valence-electron chi connectivity index (χ4n) is 5.22. The Labute approximate surface area is 159 Å². The van der Waals surface area contributed by atoms with Gasteiger partial charge in [-0.2, -0.15) is 0 Å². The molecular weight excluding hydrogens is 324 g/mol. The van der Waals surface area contributed by atoms with Crippen LogP contribution >= 0.6 is 0 Å². The summed E-state index contributed by atoms with van der Waals surface area (Å²) in [4.78, 5) is 0. The summed E-state index contributed by atoms with van der Waals surface area (Å²) in [5.74, 6) is 0.867. The summed E-state index contributed by atoms with van der Waals surface area (Å²) in [5.41, 5.74) is 8.81. The van der Waals surface area contributed by atoms with Crippen LogP contribution in [0.5, 0.6) is 0 Å². The van der Waals surface area contributed by atoms with Crippen LogP contribution in [0.1, 0.15) is 23.5 Å². The lowest BCUT2D eigenvalue weighted by atomic mass is 9.82. The van der Waals surface area contributed by atoms with E-state index in [0.29, 0.717) is 11.8 Å². The van der Waals surface area contributed by atoms with Crippen LogP contribution in [0.4, 0.5) is 0 Å². The minimum atomic E-state index is 0.423. The van der Waals surface area contributed by atoms with Crippen LogP contribution in [0.25, 0.3) is 22.3 Å². The Bertz CT molecular complexity index is 1210. The van der Waals surface area contributed by atoms with Crippen LogP contribution < -0.4 is 10.4 Å². The van der Waals surface area contributed by atoms with E-state index in [2.05, 4.69) is 97.1 Å². The molecule has 3 aromatic rings. The van der Waals surface area contributed by atoms with Crippen LogP contribution in [0.15, 0.2) is 97.1 Å². The second-order valence-corrected chi connectivity index (χ2v) is 7.68. The molecule has 0 bridgehead atoms. The minimum absolute atomic E-state index is 0.423. The zero-order valence-corrected chi connectivity index (χ0v) is 15.1. The van der Waals surface area contributed by atoms with Crippen molar-refractivity contribution >= 4 is 11.1 Å². The highest BCUT2D eigenvalue weighted by atomic mass is 14.4. The highest BCUT2D eigenvalue weighted by Gasteiger charge is 2.32. The SMILES string of the molecule is C1=CC2=c3ccccc3=C(CC3c4ccccc4-c4ccccc43)C2C=C1. The first-order chi connectivity index (χ1) is 13.4. The van der Waals surface area contributed by atoms with Crippen molar-refractivity contribution in [2.75, 3.05) is 0 Å². The molecule has 0 amide bonds. The maximum absolute atomic E-state index is 2.37. The lowest BCUT2D eigenvalue weighted by Crippen LogP contribution is -2.23. The first-order valence-corrected chi connectivity index (χ1v) is 9.77. The molecule has 0 saturated heterocycles. The minimum Gasteiger partial charge on any atom is -0.0729 e. The van der Waals surface area contributed by atoms with Gasteiger partial charge in [0, 0.05) is 11.8 Å². The molecular formula is C27H20. The van der Waals surface area contributed by atoms with Gasteiger partial charge in [-0.3, -0.25) is 0 Å². The molecule has 1 atom stereocenters. The Kier molecular flexibility index (Phi) is 3.16. The summed E-state index contributed by atoms with van der Waals surface area (Å²) in [7, 11) is 0. The number of fused-ring (bicyclic) bond motifs is 5. The van der Waals surface area contributed by atoms with Crippen LogP contribution in [0.2, 0.25) is 0 Å². The van der Waals surface area contributed by atoms with E-state index in [4.69, 9.17) is 0 Å². The fraction of sp³-hybridized carbons (Fsp3) is 0.111. The second kappa shape index (κ2) is 5.69. The molecule has 3 aliphatic carbocycles. The Balaban J connectivity index is 1.55. The average Bonchev–Trinajstić information content (AvgIpc) is 3.23. The first-order valence-electron chi connectivity index (χ1n) is 9.77. The quantitative estimate of drug-likeness (QED) is 0.617. The zero-order chi connectivity index (χ0) is 17.8. The topological polar surface area (TPSA) is 0 Å². The fourth-order valence-corrected chi connectivity index (χ4v) is 5.22. The lowest BCUT2D eigenvalue weighted by Gasteiger charge is -2.21. The van der Waals surface area contributed by atoms with E-state index in [9.17, 15) is 0 Å². The van der Waals surface area contributed by atoms with E-state index >= 15 is 0 Å². The third-order valence-corrected chi connectivity index (χ3v) is 6.37. The second-order valence-electron chi connectivity index (χ2n) is 7.68. The summed E-state index contributed by atoms with van der Waals surface area (Å²) in [5, 5.41) is 2.85. The molecule has 3 aliphatic rings. The Morgan fingerprint density at radius 1 is 0.630 bits per heavy atom. The molecule has 0 nitrogen and oxygen atoms in total. The molecule has 128 valence electrons. The Morgan fingerprint density at radius 3 is 2.00 bits per heavy atom. The molecule has 0 saturated carbocycles. The van der Waals surface area contributed by atoms with Crippen LogP contribution in [-0.4, -0.2) is 0 Å². The number of hydrogen-bond acceptors (Lipinski definition) is 0. The summed E-state index contributed by atoms with van der Waals surface area (Å²) in [6, 6.07) is 26.8. The number of allylic oxidation sites excluding steroid dienone is 4. The third kappa shape index (κ3) is 2.10. The molecule has 0 aromatic heterocycles. The van der Waals surface area contributed by atoms with E-state index in [1.165, 1.54) is 38.3 Å². The largest absolute Gasteiger partial charge is 0.0729 e. The van der Waals surface area contributed by atoms with E-state index < -0.39 is 0 Å². The van der Waals surface area contributed by atoms with Gasteiger partial charge in [0.25, 0.3) is 0 Å². The molecule has 27 heavy (non-hydrogen) atoms. The molecule has 0 heterocycles. The standard InChI is InChI=1S/C27H20/c1-5-13-22-18(9-1)19-10-2-6-14-23(19)26(22)17-27-24-15-7-3-11-20(24)21-12-4-8-16-25(21)27/h1-16,22,27H,17H2. The van der Waals surface area contributed by atoms with Crippen molar-refractivity contribution in [3.05, 3.63) is 119 Å². The molecule has 0 aliphatic heterocycles. The maximum atomic E-state index is 2.37. The molecule has 0 fully saturated rings. The van der Waals surface area contributed by atoms with Gasteiger partial charge in [-0.1, -0.05) is 103 Å². The van der Waals surface area contributed by atoms with Gasteiger partial charge in [-0.05, 0) is 44.7 Å². The maximum Gasteiger partial charge on any atom is 0.0247 e. The molecule has 0 spiro atoms. The number of hydrogen-bond donors (Lipinski definition) is 0. The third-order valence-electron chi connectivity index (χ3n) is 6.37. The van der Waals surface area contributed by atoms with Gasteiger partial charge in [0.2, 0.25) is 0 Å². The van der Waals surface area contributed by atoms with Crippen molar-refractivity contribution in [3.8, 4) is 11.1 Å². The number of benzene rings is 3. The van der Waals surface area contributed by atoms with Gasteiger partial charge in [0.05, 0.1) is 0 Å². The molecule has 0 radical (unpaired) electrons. The van der Waals surface area contributed by atoms with Gasteiger partial charge < -0.3 is 0 Å². The van der Waals surface area contributed by atoms with Gasteiger partial charge in [0.15, 0.2) is 0 Å². The van der Waals surface area contributed by atoms with Crippen LogP contribution in [0.3, 0.4) is 0 Å². The molecule has 1 unspecified atom stereocenters. The summed E-state index contributed by atoms with van der Waals surface area (Å²) in [6.07, 6.45) is 10.1. The highest BCUT2D eigenvalue weighted by molar-refractivity contribution is 5.83. The smallest absolute Gasteiger partial charge is 0.0247 e. The van der Waals surface area contributed by atoms with Crippen LogP contribution in [-0.2, 0) is 0 Å². The van der Waals surface area contributed by atoms with Crippen molar-refractivity contribution in [3.63, 3.8) is 0 Å². The van der Waals surface area contributed by atoms with Crippen molar-refractivity contribution in [2.45, 2.75) is 12.3 Å². The summed E-state index contributed by atoms with van der Waals surface area (Å²) < 4.78 is 0. The lowest BCUT2D eigenvalue weighted by molar-refractivity contribution is 0.831. The first kappa shape index (κ1) is 15.0. The molecule has 0 N–H and O–H groups in total. The molecule has 3 aromatic carbocycles. The normalized spacial score (nSPS) is 19.0. The predicted molar refractivity (Wildman–Crippen MR) is 113 cm³/mol. The van der Waals surface area contributed by atoms with Crippen LogP contribution in [0, 0.1) is 5.92 Å². The van der Waals surface area contributed by atoms with Gasteiger partial charge >= 0.3 is 0 Å². The van der Waals surface area contributed by atoms with Crippen molar-refractivity contribution in [1.82, 2.24) is 0 Å². The van der Waals surface area contributed by atoms with E-state index in [1.807, 2.05) is 0 Å². The van der Waals surface area contributed by atoms with Crippen molar-refractivity contribution < 1.29 is 0 Å². The Morgan fingerprint density at radius 2 is 1.26 bits per heavy atom. The average molecular weight is 344 g/mol. The van der Waals surface area contributed by atoms with Gasteiger partial charge in [-0.25, -0.2) is 0 Å². The summed E-state index contributed by atoms with van der Waals surface area (Å²) in [6.45, 7) is 0. The monoisotopic (exact) mass is 344 g/mol. The highest BCUT2D eigenvalue weighted by Crippen LogP contribution is 2.49. The summed E-state index contributed by atoms with van der Waals surface area (Å²) >= 11 is 0. The molecule has 0 heteroatoms. The molecule has 6 rings (SSSR count).